The summed E-state index contributed by atoms with van der Waals surface area (Å²) in [5, 5.41) is 2.20. The summed E-state index contributed by atoms with van der Waals surface area (Å²) >= 11 is 18.8. The zero-order valence-corrected chi connectivity index (χ0v) is 10.0. The molecule has 0 amide bonds. The fraction of sp³-hybridized carbons (Fsp3) is 0.375. The van der Waals surface area contributed by atoms with Gasteiger partial charge in [0, 0.05) is 17.3 Å². The Kier molecular flexibility index (Phi) is 4.67. The first-order valence-electron chi connectivity index (χ1n) is 3.67. The summed E-state index contributed by atoms with van der Waals surface area (Å²) in [6.45, 7) is 2.02. The van der Waals surface area contributed by atoms with Crippen molar-refractivity contribution in [2.75, 3.05) is 5.88 Å². The molecule has 1 atom stereocenters. The van der Waals surface area contributed by atoms with Gasteiger partial charge in [0.15, 0.2) is 0 Å². The van der Waals surface area contributed by atoms with E-state index < -0.39 is 0 Å². The highest BCUT2D eigenvalue weighted by atomic mass is 35.5. The summed E-state index contributed by atoms with van der Waals surface area (Å²) < 4.78 is 0. The van der Waals surface area contributed by atoms with Crippen LogP contribution in [0, 0.1) is 0 Å². The van der Waals surface area contributed by atoms with Crippen LogP contribution in [0.2, 0.25) is 10.0 Å². The van der Waals surface area contributed by atoms with Crippen LogP contribution in [0.25, 0.3) is 0 Å². The van der Waals surface area contributed by atoms with Crippen LogP contribution in [0.3, 0.4) is 0 Å². The minimum Gasteiger partial charge on any atom is -0.247 e. The Labute approximate surface area is 96.8 Å². The first-order valence-corrected chi connectivity index (χ1v) is 5.84. The molecule has 1 rings (SSSR count). The van der Waals surface area contributed by atoms with E-state index in [0.717, 1.165) is 5.03 Å². The second-order valence-electron chi connectivity index (χ2n) is 2.52. The predicted octanol–water partition coefficient (Wildman–Crippen LogP) is 4.11. The van der Waals surface area contributed by atoms with Crippen LogP contribution in [0.5, 0.6) is 0 Å². The highest BCUT2D eigenvalue weighted by Crippen LogP contribution is 2.30. The Morgan fingerprint density at radius 2 is 2.23 bits per heavy atom. The van der Waals surface area contributed by atoms with Crippen molar-refractivity contribution in [3.8, 4) is 0 Å². The van der Waals surface area contributed by atoms with Gasteiger partial charge < -0.3 is 0 Å². The maximum Gasteiger partial charge on any atom is 0.115 e. The molecule has 1 aromatic heterocycles. The highest BCUT2D eigenvalue weighted by Gasteiger charge is 2.08. The standard InChI is InChI=1S/C8H8Cl3NS/c1-5(3-9)13-8-7(11)2-6(10)4-12-8/h2,4-5H,3H2,1H3. The van der Waals surface area contributed by atoms with Crippen LogP contribution in [-0.4, -0.2) is 16.1 Å². The molecule has 0 aromatic carbocycles. The smallest absolute Gasteiger partial charge is 0.115 e. The lowest BCUT2D eigenvalue weighted by Gasteiger charge is -2.07. The molecule has 0 N–H and O–H groups in total. The third kappa shape index (κ3) is 3.55. The molecule has 1 unspecified atom stereocenters. The molecule has 0 spiro atoms. The number of pyridine rings is 1. The van der Waals surface area contributed by atoms with E-state index >= 15 is 0 Å². The fourth-order valence-corrected chi connectivity index (χ4v) is 2.14. The van der Waals surface area contributed by atoms with Gasteiger partial charge in [-0.1, -0.05) is 30.1 Å². The number of thioether (sulfide) groups is 1. The summed E-state index contributed by atoms with van der Waals surface area (Å²) in [4.78, 5) is 4.11. The summed E-state index contributed by atoms with van der Waals surface area (Å²) in [5.74, 6) is 0.575. The Hall–Kier alpha value is 0.370. The van der Waals surface area contributed by atoms with Crippen molar-refractivity contribution in [3.63, 3.8) is 0 Å². The Morgan fingerprint density at radius 3 is 2.77 bits per heavy atom. The van der Waals surface area contributed by atoms with Crippen LogP contribution in [-0.2, 0) is 0 Å². The van der Waals surface area contributed by atoms with E-state index in [2.05, 4.69) is 4.98 Å². The number of hydrogen-bond donors (Lipinski definition) is 0. The van der Waals surface area contributed by atoms with Crippen molar-refractivity contribution < 1.29 is 0 Å². The van der Waals surface area contributed by atoms with Crippen LogP contribution in [0.4, 0.5) is 0 Å². The third-order valence-corrected chi connectivity index (χ3v) is 3.67. The lowest BCUT2D eigenvalue weighted by Crippen LogP contribution is -1.97. The van der Waals surface area contributed by atoms with Gasteiger partial charge in [-0.3, -0.25) is 0 Å². The van der Waals surface area contributed by atoms with Crippen LogP contribution in [0.1, 0.15) is 6.92 Å². The Balaban J connectivity index is 2.77. The molecular formula is C8H8Cl3NS. The van der Waals surface area contributed by atoms with Gasteiger partial charge in [0.25, 0.3) is 0 Å². The number of nitrogens with zero attached hydrogens (tertiary/aromatic N) is 1. The zero-order chi connectivity index (χ0) is 9.84. The van der Waals surface area contributed by atoms with E-state index in [4.69, 9.17) is 34.8 Å². The lowest BCUT2D eigenvalue weighted by molar-refractivity contribution is 1.08. The largest absolute Gasteiger partial charge is 0.247 e. The first-order chi connectivity index (χ1) is 6.13. The molecule has 0 aliphatic carbocycles. The van der Waals surface area contributed by atoms with Gasteiger partial charge in [0.05, 0.1) is 10.0 Å². The summed E-state index contributed by atoms with van der Waals surface area (Å²) in [7, 11) is 0. The van der Waals surface area contributed by atoms with E-state index in [1.165, 1.54) is 0 Å². The number of alkyl halides is 1. The molecule has 0 saturated carbocycles. The van der Waals surface area contributed by atoms with Crippen LogP contribution < -0.4 is 0 Å². The van der Waals surface area contributed by atoms with Crippen LogP contribution in [0.15, 0.2) is 17.3 Å². The van der Waals surface area contributed by atoms with Gasteiger partial charge in [0.1, 0.15) is 5.03 Å². The topological polar surface area (TPSA) is 12.9 Å². The monoisotopic (exact) mass is 255 g/mol. The minimum atomic E-state index is 0.299. The number of rotatable bonds is 3. The van der Waals surface area contributed by atoms with E-state index in [1.54, 1.807) is 24.0 Å². The molecule has 0 fully saturated rings. The molecular weight excluding hydrogens is 249 g/mol. The molecule has 72 valence electrons. The molecule has 0 radical (unpaired) electrons. The van der Waals surface area contributed by atoms with Gasteiger partial charge in [-0.05, 0) is 6.07 Å². The number of aromatic nitrogens is 1. The molecule has 0 saturated heterocycles. The number of halogens is 3. The zero-order valence-electron chi connectivity index (χ0n) is 6.93. The highest BCUT2D eigenvalue weighted by molar-refractivity contribution is 8.00. The van der Waals surface area contributed by atoms with Crippen LogP contribution >= 0.6 is 46.6 Å². The minimum absolute atomic E-state index is 0.299. The van der Waals surface area contributed by atoms with Crippen molar-refractivity contribution >= 4 is 46.6 Å². The summed E-state index contributed by atoms with van der Waals surface area (Å²) in [5.41, 5.74) is 0. The van der Waals surface area contributed by atoms with Gasteiger partial charge in [-0.15, -0.1) is 23.4 Å². The van der Waals surface area contributed by atoms with E-state index in [0.29, 0.717) is 21.2 Å². The quantitative estimate of drug-likeness (QED) is 0.596. The molecule has 5 heteroatoms. The molecule has 1 nitrogen and oxygen atoms in total. The molecule has 0 aliphatic heterocycles. The molecule has 1 aromatic rings. The predicted molar refractivity (Wildman–Crippen MR) is 60.3 cm³/mol. The van der Waals surface area contributed by atoms with E-state index in [9.17, 15) is 0 Å². The SMILES string of the molecule is CC(CCl)Sc1ncc(Cl)cc1Cl. The van der Waals surface area contributed by atoms with E-state index in [1.807, 2.05) is 6.92 Å². The van der Waals surface area contributed by atoms with Crippen molar-refractivity contribution in [3.05, 3.63) is 22.3 Å². The van der Waals surface area contributed by atoms with Gasteiger partial charge in [-0.2, -0.15) is 0 Å². The normalized spacial score (nSPS) is 12.9. The fourth-order valence-electron chi connectivity index (χ4n) is 0.711. The van der Waals surface area contributed by atoms with Gasteiger partial charge >= 0.3 is 0 Å². The average molecular weight is 257 g/mol. The molecule has 0 aliphatic rings. The molecule has 13 heavy (non-hydrogen) atoms. The van der Waals surface area contributed by atoms with Gasteiger partial charge in [-0.25, -0.2) is 4.98 Å². The second-order valence-corrected chi connectivity index (χ2v) is 5.10. The Morgan fingerprint density at radius 1 is 1.54 bits per heavy atom. The maximum absolute atomic E-state index is 5.92. The third-order valence-electron chi connectivity index (χ3n) is 1.30. The summed E-state index contributed by atoms with van der Waals surface area (Å²) in [6.07, 6.45) is 1.58. The van der Waals surface area contributed by atoms with E-state index in [-0.39, 0.29) is 0 Å². The molecule has 0 bridgehead atoms. The average Bonchev–Trinajstić information content (AvgIpc) is 2.09. The van der Waals surface area contributed by atoms with Crippen molar-refractivity contribution in [1.29, 1.82) is 0 Å². The summed E-state index contributed by atoms with van der Waals surface area (Å²) in [6, 6.07) is 1.68. The maximum atomic E-state index is 5.92. The second kappa shape index (κ2) is 5.30. The first kappa shape index (κ1) is 11.4. The van der Waals surface area contributed by atoms with Crippen molar-refractivity contribution in [2.24, 2.45) is 0 Å². The Bertz CT molecular complexity index is 293. The lowest BCUT2D eigenvalue weighted by atomic mass is 10.5. The number of hydrogen-bond acceptors (Lipinski definition) is 2. The molecule has 1 heterocycles. The van der Waals surface area contributed by atoms with Gasteiger partial charge in [0.2, 0.25) is 0 Å². The van der Waals surface area contributed by atoms with Crippen molar-refractivity contribution in [2.45, 2.75) is 17.2 Å². The van der Waals surface area contributed by atoms with Crippen molar-refractivity contribution in [1.82, 2.24) is 4.98 Å².